The van der Waals surface area contributed by atoms with Crippen LogP contribution >= 0.6 is 0 Å². The molecule has 0 aromatic rings. The summed E-state index contributed by atoms with van der Waals surface area (Å²) in [6.07, 6.45) is 0. The second-order valence-electron chi connectivity index (χ2n) is 2.44. The lowest BCUT2D eigenvalue weighted by Crippen LogP contribution is -2.40. The molecule has 0 saturated carbocycles. The molecule has 0 spiro atoms. The second-order valence-corrected chi connectivity index (χ2v) is 2.44. The Balaban J connectivity index is 2.81. The van der Waals surface area contributed by atoms with E-state index in [1.807, 2.05) is 0 Å². The Morgan fingerprint density at radius 3 is 2.12 bits per heavy atom. The minimum absolute atomic E-state index is 0.178. The molecular formula is C6H8O2. The fraction of sp³-hybridized carbons (Fsp3) is 0.500. The molecule has 2 nitrogen and oxygen atoms in total. The van der Waals surface area contributed by atoms with Crippen LogP contribution in [0.1, 0.15) is 13.8 Å². The fourth-order valence-electron chi connectivity index (χ4n) is 0.435. The van der Waals surface area contributed by atoms with Crippen molar-refractivity contribution in [3.05, 3.63) is 12.3 Å². The first-order valence-electron chi connectivity index (χ1n) is 2.47. The predicted octanol–water partition coefficient (Wildman–Crippen LogP) is 1.08. The average molecular weight is 112 g/mol. The van der Waals surface area contributed by atoms with Crippen LogP contribution in [0.5, 0.6) is 0 Å². The van der Waals surface area contributed by atoms with Crippen molar-refractivity contribution in [2.75, 3.05) is 0 Å². The van der Waals surface area contributed by atoms with Crippen molar-refractivity contribution in [2.45, 2.75) is 13.8 Å². The van der Waals surface area contributed by atoms with Gasteiger partial charge < -0.3 is 4.74 Å². The molecule has 0 atom stereocenters. The molecule has 0 N–H and O–H groups in total. The molecule has 0 aromatic carbocycles. The summed E-state index contributed by atoms with van der Waals surface area (Å²) < 4.78 is 4.52. The van der Waals surface area contributed by atoms with Gasteiger partial charge in [-0.2, -0.15) is 0 Å². The lowest BCUT2D eigenvalue weighted by Gasteiger charge is -2.33. The van der Waals surface area contributed by atoms with Crippen molar-refractivity contribution < 1.29 is 9.53 Å². The first-order valence-corrected chi connectivity index (χ1v) is 2.47. The molecular weight excluding hydrogens is 104 g/mol. The third-order valence-electron chi connectivity index (χ3n) is 1.42. The maximum absolute atomic E-state index is 10.5. The van der Waals surface area contributed by atoms with Crippen LogP contribution in [-0.2, 0) is 9.53 Å². The smallest absolute Gasteiger partial charge is 0.324 e. The third kappa shape index (κ3) is 0.399. The Kier molecular flexibility index (Phi) is 0.756. The highest BCUT2D eigenvalue weighted by Crippen LogP contribution is 2.37. The van der Waals surface area contributed by atoms with Gasteiger partial charge in [0.15, 0.2) is 0 Å². The van der Waals surface area contributed by atoms with Gasteiger partial charge in [0, 0.05) is 0 Å². The molecule has 1 fully saturated rings. The van der Waals surface area contributed by atoms with E-state index in [2.05, 4.69) is 11.3 Å². The lowest BCUT2D eigenvalue weighted by atomic mass is 9.87. The Morgan fingerprint density at radius 2 is 2.12 bits per heavy atom. The topological polar surface area (TPSA) is 26.3 Å². The summed E-state index contributed by atoms with van der Waals surface area (Å²) in [6.45, 7) is 7.11. The van der Waals surface area contributed by atoms with E-state index >= 15 is 0 Å². The molecule has 0 aliphatic carbocycles. The zero-order valence-electron chi connectivity index (χ0n) is 5.02. The van der Waals surface area contributed by atoms with E-state index in [-0.39, 0.29) is 5.97 Å². The number of rotatable bonds is 0. The van der Waals surface area contributed by atoms with Gasteiger partial charge in [-0.05, 0) is 13.8 Å². The Bertz CT molecular complexity index is 140. The van der Waals surface area contributed by atoms with Crippen LogP contribution < -0.4 is 0 Å². The van der Waals surface area contributed by atoms with Crippen molar-refractivity contribution in [3.8, 4) is 0 Å². The van der Waals surface area contributed by atoms with Crippen LogP contribution in [0, 0.1) is 5.41 Å². The molecule has 1 rings (SSSR count). The van der Waals surface area contributed by atoms with Crippen molar-refractivity contribution in [2.24, 2.45) is 5.41 Å². The molecule has 0 amide bonds. The SMILES string of the molecule is C=C1OC(=O)C1(C)C. The van der Waals surface area contributed by atoms with E-state index in [0.29, 0.717) is 5.76 Å². The first kappa shape index (κ1) is 5.35. The summed E-state index contributed by atoms with van der Waals surface area (Å²) in [7, 11) is 0. The monoisotopic (exact) mass is 112 g/mol. The molecule has 0 aromatic heterocycles. The van der Waals surface area contributed by atoms with E-state index in [0.717, 1.165) is 0 Å². The zero-order chi connectivity index (χ0) is 6.36. The van der Waals surface area contributed by atoms with E-state index in [9.17, 15) is 4.79 Å². The van der Waals surface area contributed by atoms with Crippen LogP contribution in [-0.4, -0.2) is 5.97 Å². The van der Waals surface area contributed by atoms with Crippen LogP contribution in [0.15, 0.2) is 12.3 Å². The number of hydrogen-bond acceptors (Lipinski definition) is 2. The Morgan fingerprint density at radius 1 is 1.62 bits per heavy atom. The van der Waals surface area contributed by atoms with Crippen molar-refractivity contribution in [1.82, 2.24) is 0 Å². The highest BCUT2D eigenvalue weighted by atomic mass is 16.6. The van der Waals surface area contributed by atoms with Gasteiger partial charge in [0.1, 0.15) is 11.2 Å². The number of cyclic esters (lactones) is 1. The number of carbonyl (C=O) groups is 1. The van der Waals surface area contributed by atoms with Crippen molar-refractivity contribution in [3.63, 3.8) is 0 Å². The quantitative estimate of drug-likeness (QED) is 0.438. The highest BCUT2D eigenvalue weighted by molar-refractivity contribution is 5.86. The maximum atomic E-state index is 10.5. The molecule has 1 heterocycles. The maximum Gasteiger partial charge on any atom is 0.324 e. The first-order chi connectivity index (χ1) is 3.55. The van der Waals surface area contributed by atoms with E-state index in [4.69, 9.17) is 0 Å². The lowest BCUT2D eigenvalue weighted by molar-refractivity contribution is -0.165. The van der Waals surface area contributed by atoms with E-state index in [1.165, 1.54) is 0 Å². The van der Waals surface area contributed by atoms with Crippen molar-refractivity contribution >= 4 is 5.97 Å². The Hall–Kier alpha value is -0.790. The largest absolute Gasteiger partial charge is 0.430 e. The van der Waals surface area contributed by atoms with Gasteiger partial charge in [-0.3, -0.25) is 4.79 Å². The van der Waals surface area contributed by atoms with Gasteiger partial charge >= 0.3 is 5.97 Å². The van der Waals surface area contributed by atoms with E-state index < -0.39 is 5.41 Å². The standard InChI is InChI=1S/C6H8O2/c1-4-6(2,3)5(7)8-4/h1H2,2-3H3. The summed E-state index contributed by atoms with van der Waals surface area (Å²) in [5.74, 6) is 0.394. The Labute approximate surface area is 48.1 Å². The highest BCUT2D eigenvalue weighted by Gasteiger charge is 2.44. The summed E-state index contributed by atoms with van der Waals surface area (Å²) >= 11 is 0. The van der Waals surface area contributed by atoms with Crippen LogP contribution in [0.25, 0.3) is 0 Å². The molecule has 8 heavy (non-hydrogen) atoms. The van der Waals surface area contributed by atoms with Gasteiger partial charge in [-0.15, -0.1) is 0 Å². The van der Waals surface area contributed by atoms with Crippen LogP contribution in [0.2, 0.25) is 0 Å². The van der Waals surface area contributed by atoms with E-state index in [1.54, 1.807) is 13.8 Å². The third-order valence-corrected chi connectivity index (χ3v) is 1.42. The molecule has 1 saturated heterocycles. The fourth-order valence-corrected chi connectivity index (χ4v) is 0.435. The minimum atomic E-state index is -0.417. The summed E-state index contributed by atoms with van der Waals surface area (Å²) in [6, 6.07) is 0. The molecule has 0 bridgehead atoms. The summed E-state index contributed by atoms with van der Waals surface area (Å²) in [4.78, 5) is 10.5. The van der Waals surface area contributed by atoms with Gasteiger partial charge in [0.2, 0.25) is 0 Å². The number of esters is 1. The number of carbonyl (C=O) groups excluding carboxylic acids is 1. The molecule has 2 heteroatoms. The molecule has 1 aliphatic heterocycles. The normalized spacial score (nSPS) is 24.2. The number of hydrogen-bond donors (Lipinski definition) is 0. The molecule has 0 radical (unpaired) electrons. The minimum Gasteiger partial charge on any atom is -0.430 e. The van der Waals surface area contributed by atoms with Crippen LogP contribution in [0.3, 0.4) is 0 Å². The number of ether oxygens (including phenoxy) is 1. The summed E-state index contributed by atoms with van der Waals surface area (Å²) in [5, 5.41) is 0. The second kappa shape index (κ2) is 1.13. The molecule has 0 unspecified atom stereocenters. The van der Waals surface area contributed by atoms with Crippen LogP contribution in [0.4, 0.5) is 0 Å². The van der Waals surface area contributed by atoms with Crippen molar-refractivity contribution in [1.29, 1.82) is 0 Å². The summed E-state index contributed by atoms with van der Waals surface area (Å²) in [5.41, 5.74) is -0.417. The zero-order valence-corrected chi connectivity index (χ0v) is 5.02. The predicted molar refractivity (Wildman–Crippen MR) is 29.0 cm³/mol. The van der Waals surface area contributed by atoms with Gasteiger partial charge in [0.25, 0.3) is 0 Å². The van der Waals surface area contributed by atoms with Gasteiger partial charge in [-0.25, -0.2) is 0 Å². The average Bonchev–Trinajstić information content (AvgIpc) is 1.68. The molecule has 1 aliphatic rings. The van der Waals surface area contributed by atoms with Gasteiger partial charge in [-0.1, -0.05) is 6.58 Å². The molecule has 44 valence electrons. The van der Waals surface area contributed by atoms with Gasteiger partial charge in [0.05, 0.1) is 0 Å².